The summed E-state index contributed by atoms with van der Waals surface area (Å²) in [6, 6.07) is 9.46. The van der Waals surface area contributed by atoms with Crippen molar-refractivity contribution < 1.29 is 8.42 Å². The van der Waals surface area contributed by atoms with Crippen LogP contribution in [0.15, 0.2) is 47.6 Å². The van der Waals surface area contributed by atoms with Gasteiger partial charge in [0, 0.05) is 12.6 Å². The molecular formula is C14H21ClN4O2S. The Morgan fingerprint density at radius 3 is 2.59 bits per heavy atom. The largest absolute Gasteiger partial charge is 0.313 e. The standard InChI is InChI=1S/C14H20N4O2S.ClH/c1-3-15-12(2)9-17-21(19,20)14-10-16-18(11-14)13-7-5-4-6-8-13;/h4-8,10-12,15,17H,3,9H2,1-2H3;1H/t12-;/m1./s1. The lowest BCUT2D eigenvalue weighted by Gasteiger charge is -2.12. The first-order valence-electron chi connectivity index (χ1n) is 6.86. The summed E-state index contributed by atoms with van der Waals surface area (Å²) in [5.74, 6) is 0. The Hall–Kier alpha value is -1.41. The zero-order chi connectivity index (χ0) is 15.3. The second kappa shape index (κ2) is 8.28. The monoisotopic (exact) mass is 344 g/mol. The number of likely N-dealkylation sites (N-methyl/N-ethyl adjacent to an activating group) is 1. The number of aromatic nitrogens is 2. The van der Waals surface area contributed by atoms with Crippen LogP contribution in [0.2, 0.25) is 0 Å². The van der Waals surface area contributed by atoms with Crippen molar-refractivity contribution in [3.05, 3.63) is 42.7 Å². The van der Waals surface area contributed by atoms with Gasteiger partial charge in [-0.25, -0.2) is 17.8 Å². The van der Waals surface area contributed by atoms with E-state index in [-0.39, 0.29) is 23.3 Å². The van der Waals surface area contributed by atoms with Crippen LogP contribution in [0.25, 0.3) is 5.69 Å². The van der Waals surface area contributed by atoms with E-state index in [1.165, 1.54) is 12.4 Å². The van der Waals surface area contributed by atoms with Crippen LogP contribution in [0.4, 0.5) is 0 Å². The maximum absolute atomic E-state index is 12.2. The minimum absolute atomic E-state index is 0. The van der Waals surface area contributed by atoms with E-state index in [4.69, 9.17) is 0 Å². The predicted octanol–water partition coefficient (Wildman–Crippen LogP) is 1.57. The van der Waals surface area contributed by atoms with E-state index in [0.717, 1.165) is 12.2 Å². The zero-order valence-electron chi connectivity index (χ0n) is 12.6. The summed E-state index contributed by atoms with van der Waals surface area (Å²) in [7, 11) is -3.53. The Labute approximate surface area is 137 Å². The average Bonchev–Trinajstić information content (AvgIpc) is 2.97. The highest BCUT2D eigenvalue weighted by Gasteiger charge is 2.17. The number of nitrogens with zero attached hydrogens (tertiary/aromatic N) is 2. The molecule has 122 valence electrons. The van der Waals surface area contributed by atoms with Gasteiger partial charge < -0.3 is 5.32 Å². The molecule has 0 unspecified atom stereocenters. The van der Waals surface area contributed by atoms with Crippen LogP contribution < -0.4 is 10.0 Å². The van der Waals surface area contributed by atoms with Gasteiger partial charge in [-0.1, -0.05) is 25.1 Å². The van der Waals surface area contributed by atoms with Crippen molar-refractivity contribution in [3.63, 3.8) is 0 Å². The molecule has 0 radical (unpaired) electrons. The smallest absolute Gasteiger partial charge is 0.243 e. The summed E-state index contributed by atoms with van der Waals surface area (Å²) in [5, 5.41) is 7.25. The maximum Gasteiger partial charge on any atom is 0.243 e. The van der Waals surface area contributed by atoms with Gasteiger partial charge in [-0.05, 0) is 25.6 Å². The Balaban J connectivity index is 0.00000242. The molecule has 0 spiro atoms. The van der Waals surface area contributed by atoms with E-state index in [1.807, 2.05) is 44.2 Å². The minimum atomic E-state index is -3.53. The van der Waals surface area contributed by atoms with Crippen LogP contribution in [-0.4, -0.2) is 37.3 Å². The minimum Gasteiger partial charge on any atom is -0.313 e. The summed E-state index contributed by atoms with van der Waals surface area (Å²) >= 11 is 0. The molecule has 0 aliphatic rings. The highest BCUT2D eigenvalue weighted by atomic mass is 35.5. The third-order valence-electron chi connectivity index (χ3n) is 3.02. The maximum atomic E-state index is 12.2. The van der Waals surface area contributed by atoms with E-state index < -0.39 is 10.0 Å². The molecule has 0 saturated heterocycles. The van der Waals surface area contributed by atoms with Crippen LogP contribution in [0, 0.1) is 0 Å². The van der Waals surface area contributed by atoms with Crippen molar-refractivity contribution in [1.29, 1.82) is 0 Å². The average molecular weight is 345 g/mol. The van der Waals surface area contributed by atoms with Gasteiger partial charge in [-0.2, -0.15) is 5.10 Å². The number of sulfonamides is 1. The topological polar surface area (TPSA) is 76.0 Å². The molecule has 22 heavy (non-hydrogen) atoms. The highest BCUT2D eigenvalue weighted by Crippen LogP contribution is 2.11. The molecule has 0 saturated carbocycles. The summed E-state index contributed by atoms with van der Waals surface area (Å²) in [6.07, 6.45) is 2.86. The lowest BCUT2D eigenvalue weighted by molar-refractivity contribution is 0.536. The Bertz CT molecular complexity index is 673. The molecule has 0 aliphatic heterocycles. The molecule has 1 aromatic carbocycles. The summed E-state index contributed by atoms with van der Waals surface area (Å²) in [6.45, 7) is 5.05. The van der Waals surface area contributed by atoms with Gasteiger partial charge in [-0.3, -0.25) is 0 Å². The van der Waals surface area contributed by atoms with Crippen molar-refractivity contribution in [2.45, 2.75) is 24.8 Å². The van der Waals surface area contributed by atoms with Crippen LogP contribution in [0.1, 0.15) is 13.8 Å². The van der Waals surface area contributed by atoms with Crippen LogP contribution >= 0.6 is 12.4 Å². The Kier molecular flexibility index (Phi) is 7.02. The lowest BCUT2D eigenvalue weighted by atomic mass is 10.3. The molecule has 0 aliphatic carbocycles. The molecule has 2 N–H and O–H groups in total. The fraction of sp³-hybridized carbons (Fsp3) is 0.357. The van der Waals surface area contributed by atoms with Gasteiger partial charge in [0.1, 0.15) is 4.90 Å². The molecule has 6 nitrogen and oxygen atoms in total. The van der Waals surface area contributed by atoms with Crippen molar-refractivity contribution >= 4 is 22.4 Å². The highest BCUT2D eigenvalue weighted by molar-refractivity contribution is 7.89. The van der Waals surface area contributed by atoms with Gasteiger partial charge in [0.15, 0.2) is 0 Å². The fourth-order valence-electron chi connectivity index (χ4n) is 1.91. The van der Waals surface area contributed by atoms with E-state index in [0.29, 0.717) is 6.54 Å². The van der Waals surface area contributed by atoms with Crippen molar-refractivity contribution in [2.24, 2.45) is 0 Å². The van der Waals surface area contributed by atoms with E-state index in [2.05, 4.69) is 15.1 Å². The number of halogens is 1. The summed E-state index contributed by atoms with van der Waals surface area (Å²) in [4.78, 5) is 0.162. The van der Waals surface area contributed by atoms with Crippen molar-refractivity contribution in [2.75, 3.05) is 13.1 Å². The number of para-hydroxylation sites is 1. The lowest BCUT2D eigenvalue weighted by Crippen LogP contribution is -2.38. The molecule has 1 atom stereocenters. The molecular weight excluding hydrogens is 324 g/mol. The second-order valence-electron chi connectivity index (χ2n) is 4.77. The Morgan fingerprint density at radius 2 is 1.95 bits per heavy atom. The van der Waals surface area contributed by atoms with Crippen molar-refractivity contribution in [3.8, 4) is 5.69 Å². The van der Waals surface area contributed by atoms with E-state index >= 15 is 0 Å². The fourth-order valence-corrected chi connectivity index (χ4v) is 2.97. The van der Waals surface area contributed by atoms with E-state index in [9.17, 15) is 8.42 Å². The molecule has 0 bridgehead atoms. The van der Waals surface area contributed by atoms with Crippen LogP contribution in [0.3, 0.4) is 0 Å². The number of rotatable bonds is 7. The first-order chi connectivity index (χ1) is 10.0. The zero-order valence-corrected chi connectivity index (χ0v) is 14.2. The van der Waals surface area contributed by atoms with E-state index in [1.54, 1.807) is 4.68 Å². The van der Waals surface area contributed by atoms with Gasteiger partial charge in [0.2, 0.25) is 10.0 Å². The molecule has 8 heteroatoms. The first kappa shape index (κ1) is 18.6. The van der Waals surface area contributed by atoms with Gasteiger partial charge in [0.25, 0.3) is 0 Å². The number of hydrogen-bond acceptors (Lipinski definition) is 4. The third kappa shape index (κ3) is 4.81. The molecule has 2 rings (SSSR count). The quantitative estimate of drug-likeness (QED) is 0.799. The van der Waals surface area contributed by atoms with Crippen LogP contribution in [-0.2, 0) is 10.0 Å². The van der Waals surface area contributed by atoms with Gasteiger partial charge in [0.05, 0.1) is 18.1 Å². The molecule has 1 heterocycles. The molecule has 0 fully saturated rings. The van der Waals surface area contributed by atoms with Gasteiger partial charge >= 0.3 is 0 Å². The summed E-state index contributed by atoms with van der Waals surface area (Å²) in [5.41, 5.74) is 0.819. The van der Waals surface area contributed by atoms with Gasteiger partial charge in [-0.15, -0.1) is 12.4 Å². The second-order valence-corrected chi connectivity index (χ2v) is 6.53. The third-order valence-corrected chi connectivity index (χ3v) is 4.40. The van der Waals surface area contributed by atoms with Crippen molar-refractivity contribution in [1.82, 2.24) is 19.8 Å². The van der Waals surface area contributed by atoms with Crippen LogP contribution in [0.5, 0.6) is 0 Å². The first-order valence-corrected chi connectivity index (χ1v) is 8.34. The number of hydrogen-bond donors (Lipinski definition) is 2. The molecule has 1 aromatic heterocycles. The normalized spacial score (nSPS) is 12.6. The predicted molar refractivity (Wildman–Crippen MR) is 89.1 cm³/mol. The summed E-state index contributed by atoms with van der Waals surface area (Å²) < 4.78 is 28.5. The Morgan fingerprint density at radius 1 is 1.27 bits per heavy atom. The number of benzene rings is 1. The SMILES string of the molecule is CCN[C@H](C)CNS(=O)(=O)c1cnn(-c2ccccc2)c1.Cl. The number of nitrogens with one attached hydrogen (secondary N) is 2. The molecule has 0 amide bonds. The molecule has 2 aromatic rings.